The molecule has 0 aliphatic carbocycles. The van der Waals surface area contributed by atoms with Crippen molar-refractivity contribution in [1.82, 2.24) is 30.8 Å². The van der Waals surface area contributed by atoms with Crippen LogP contribution in [0.2, 0.25) is 0 Å². The molecule has 3 heterocycles. The molecule has 3 rings (SSSR count). The van der Waals surface area contributed by atoms with Crippen LogP contribution in [-0.2, 0) is 10.3 Å². The number of ether oxygens (including phenoxy) is 1. The molecule has 16 heavy (non-hydrogen) atoms. The minimum Gasteiger partial charge on any atom is -0.365 e. The summed E-state index contributed by atoms with van der Waals surface area (Å²) in [6.07, 6.45) is 1.87. The van der Waals surface area contributed by atoms with Crippen molar-refractivity contribution in [3.05, 3.63) is 5.89 Å². The SMILES string of the molecule is CC1(c2nc(-c3nn[nH]n3)no2)CCCO1. The van der Waals surface area contributed by atoms with Crippen molar-refractivity contribution in [2.75, 3.05) is 6.61 Å². The first-order chi connectivity index (χ1) is 7.78. The minimum atomic E-state index is -0.477. The standard InChI is InChI=1S/C8H10N6O2/c1-8(3-2-4-15-8)7-9-5(12-16-7)6-10-13-14-11-6/h2-4H2,1H3,(H,10,11,13,14). The number of nitrogens with zero attached hydrogens (tertiary/aromatic N) is 5. The van der Waals surface area contributed by atoms with E-state index in [2.05, 4.69) is 30.8 Å². The Balaban J connectivity index is 1.93. The molecule has 84 valence electrons. The van der Waals surface area contributed by atoms with Crippen LogP contribution in [0.15, 0.2) is 4.52 Å². The molecule has 0 bridgehead atoms. The van der Waals surface area contributed by atoms with Crippen molar-refractivity contribution in [1.29, 1.82) is 0 Å². The molecule has 0 spiro atoms. The van der Waals surface area contributed by atoms with Gasteiger partial charge < -0.3 is 9.26 Å². The zero-order chi connectivity index (χ0) is 11.0. The fraction of sp³-hybridized carbons (Fsp3) is 0.625. The molecule has 1 fully saturated rings. The van der Waals surface area contributed by atoms with E-state index < -0.39 is 5.60 Å². The van der Waals surface area contributed by atoms with E-state index in [-0.39, 0.29) is 0 Å². The van der Waals surface area contributed by atoms with Crippen molar-refractivity contribution >= 4 is 0 Å². The maximum absolute atomic E-state index is 5.60. The van der Waals surface area contributed by atoms with Gasteiger partial charge in [-0.3, -0.25) is 0 Å². The zero-order valence-electron chi connectivity index (χ0n) is 8.67. The molecule has 1 N–H and O–H groups in total. The Hall–Kier alpha value is -1.83. The van der Waals surface area contributed by atoms with Crippen LogP contribution in [0.4, 0.5) is 0 Å². The van der Waals surface area contributed by atoms with Crippen LogP contribution in [0, 0.1) is 0 Å². The third-order valence-electron chi connectivity index (χ3n) is 2.64. The number of hydrogen-bond donors (Lipinski definition) is 1. The Morgan fingerprint density at radius 1 is 1.38 bits per heavy atom. The van der Waals surface area contributed by atoms with Crippen molar-refractivity contribution in [3.8, 4) is 11.6 Å². The molecule has 0 amide bonds. The quantitative estimate of drug-likeness (QED) is 0.778. The van der Waals surface area contributed by atoms with Crippen LogP contribution < -0.4 is 0 Å². The number of tetrazole rings is 1. The van der Waals surface area contributed by atoms with Crippen LogP contribution in [0.25, 0.3) is 11.6 Å². The summed E-state index contributed by atoms with van der Waals surface area (Å²) < 4.78 is 10.8. The summed E-state index contributed by atoms with van der Waals surface area (Å²) in [7, 11) is 0. The third kappa shape index (κ3) is 1.38. The molecule has 0 aromatic carbocycles. The Bertz CT molecular complexity index is 472. The molecule has 0 saturated carbocycles. The van der Waals surface area contributed by atoms with Crippen LogP contribution in [0.1, 0.15) is 25.7 Å². The second kappa shape index (κ2) is 3.34. The zero-order valence-corrected chi connectivity index (χ0v) is 8.67. The van der Waals surface area contributed by atoms with Gasteiger partial charge in [0.2, 0.25) is 11.6 Å². The molecule has 2 aromatic heterocycles. The highest BCUT2D eigenvalue weighted by atomic mass is 16.5. The van der Waals surface area contributed by atoms with Crippen LogP contribution in [0.3, 0.4) is 0 Å². The van der Waals surface area contributed by atoms with Gasteiger partial charge in [0.15, 0.2) is 0 Å². The predicted molar refractivity (Wildman–Crippen MR) is 50.0 cm³/mol. The van der Waals surface area contributed by atoms with Gasteiger partial charge in [-0.1, -0.05) is 5.16 Å². The van der Waals surface area contributed by atoms with Crippen LogP contribution in [-0.4, -0.2) is 37.4 Å². The van der Waals surface area contributed by atoms with E-state index in [1.54, 1.807) is 0 Å². The Labute approximate surface area is 90.4 Å². The first-order valence-electron chi connectivity index (χ1n) is 5.00. The summed E-state index contributed by atoms with van der Waals surface area (Å²) in [5.41, 5.74) is -0.477. The van der Waals surface area contributed by atoms with Crippen LogP contribution in [0.5, 0.6) is 0 Å². The van der Waals surface area contributed by atoms with Gasteiger partial charge in [-0.15, -0.1) is 10.2 Å². The van der Waals surface area contributed by atoms with E-state index in [0.717, 1.165) is 19.4 Å². The normalized spacial score (nSPS) is 25.1. The molecule has 1 unspecified atom stereocenters. The minimum absolute atomic E-state index is 0.316. The van der Waals surface area contributed by atoms with E-state index in [1.807, 2.05) is 6.92 Å². The fourth-order valence-electron chi connectivity index (χ4n) is 1.73. The topological polar surface area (TPSA) is 103 Å². The molecule has 1 saturated heterocycles. The maximum atomic E-state index is 5.60. The molecule has 1 aliphatic rings. The average Bonchev–Trinajstić information content (AvgIpc) is 2.98. The van der Waals surface area contributed by atoms with E-state index in [1.165, 1.54) is 0 Å². The summed E-state index contributed by atoms with van der Waals surface area (Å²) in [5.74, 6) is 1.10. The average molecular weight is 222 g/mol. The second-order valence-corrected chi connectivity index (χ2v) is 3.84. The summed E-state index contributed by atoms with van der Waals surface area (Å²) in [6, 6.07) is 0. The van der Waals surface area contributed by atoms with Gasteiger partial charge >= 0.3 is 0 Å². The first-order valence-corrected chi connectivity index (χ1v) is 5.00. The molecule has 1 atom stereocenters. The fourth-order valence-corrected chi connectivity index (χ4v) is 1.73. The number of nitrogens with one attached hydrogen (secondary N) is 1. The number of aromatic nitrogens is 6. The van der Waals surface area contributed by atoms with E-state index in [0.29, 0.717) is 17.5 Å². The van der Waals surface area contributed by atoms with Crippen molar-refractivity contribution in [3.63, 3.8) is 0 Å². The Kier molecular flexibility index (Phi) is 1.96. The molecular weight excluding hydrogens is 212 g/mol. The van der Waals surface area contributed by atoms with Gasteiger partial charge in [-0.05, 0) is 25.0 Å². The Morgan fingerprint density at radius 3 is 3.00 bits per heavy atom. The van der Waals surface area contributed by atoms with Gasteiger partial charge in [0.25, 0.3) is 5.89 Å². The molecule has 8 heteroatoms. The molecule has 2 aromatic rings. The monoisotopic (exact) mass is 222 g/mol. The van der Waals surface area contributed by atoms with E-state index in [4.69, 9.17) is 9.26 Å². The lowest BCUT2D eigenvalue weighted by atomic mass is 10.0. The summed E-state index contributed by atoms with van der Waals surface area (Å²) in [4.78, 5) is 4.22. The highest BCUT2D eigenvalue weighted by Gasteiger charge is 2.37. The van der Waals surface area contributed by atoms with Crippen molar-refractivity contribution in [2.24, 2.45) is 0 Å². The number of rotatable bonds is 2. The molecule has 8 nitrogen and oxygen atoms in total. The lowest BCUT2D eigenvalue weighted by Gasteiger charge is -2.16. The van der Waals surface area contributed by atoms with Crippen LogP contribution >= 0.6 is 0 Å². The molecular formula is C8H10N6O2. The second-order valence-electron chi connectivity index (χ2n) is 3.84. The predicted octanol–water partition coefficient (Wildman–Crippen LogP) is 0.275. The number of hydrogen-bond acceptors (Lipinski definition) is 7. The summed E-state index contributed by atoms with van der Waals surface area (Å²) in [6.45, 7) is 2.66. The lowest BCUT2D eigenvalue weighted by molar-refractivity contribution is -0.00937. The number of aromatic amines is 1. The van der Waals surface area contributed by atoms with Crippen molar-refractivity contribution in [2.45, 2.75) is 25.4 Å². The van der Waals surface area contributed by atoms with Crippen molar-refractivity contribution < 1.29 is 9.26 Å². The summed E-state index contributed by atoms with van der Waals surface area (Å²) in [5, 5.41) is 17.1. The van der Waals surface area contributed by atoms with Gasteiger partial charge in [-0.2, -0.15) is 10.2 Å². The molecule has 1 aliphatic heterocycles. The third-order valence-corrected chi connectivity index (χ3v) is 2.64. The largest absolute Gasteiger partial charge is 0.365 e. The highest BCUT2D eigenvalue weighted by molar-refractivity contribution is 5.39. The van der Waals surface area contributed by atoms with Gasteiger partial charge in [-0.25, -0.2) is 0 Å². The number of H-pyrrole nitrogens is 1. The smallest absolute Gasteiger partial charge is 0.259 e. The lowest BCUT2D eigenvalue weighted by Crippen LogP contribution is -2.20. The molecule has 0 radical (unpaired) electrons. The Morgan fingerprint density at radius 2 is 2.31 bits per heavy atom. The van der Waals surface area contributed by atoms with Gasteiger partial charge in [0.05, 0.1) is 0 Å². The highest BCUT2D eigenvalue weighted by Crippen LogP contribution is 2.34. The maximum Gasteiger partial charge on any atom is 0.259 e. The first kappa shape index (κ1) is 9.40. The van der Waals surface area contributed by atoms with E-state index in [9.17, 15) is 0 Å². The van der Waals surface area contributed by atoms with E-state index >= 15 is 0 Å². The van der Waals surface area contributed by atoms with Gasteiger partial charge in [0.1, 0.15) is 5.60 Å². The van der Waals surface area contributed by atoms with Gasteiger partial charge in [0, 0.05) is 6.61 Å². The summed E-state index contributed by atoms with van der Waals surface area (Å²) >= 11 is 0.